The molecule has 0 aliphatic carbocycles. The van der Waals surface area contributed by atoms with Gasteiger partial charge in [0.2, 0.25) is 0 Å². The van der Waals surface area contributed by atoms with Crippen LogP contribution in [0, 0.1) is 0 Å². The summed E-state index contributed by atoms with van der Waals surface area (Å²) in [5.74, 6) is 0.00473. The minimum atomic E-state index is -0.457. The van der Waals surface area contributed by atoms with E-state index in [9.17, 15) is 4.79 Å². The number of carbonyl (C=O) groups is 1. The van der Waals surface area contributed by atoms with Crippen LogP contribution in [0.15, 0.2) is 0 Å². The molecule has 0 radical (unpaired) electrons. The number of hydrogen-bond acceptors (Lipinski definition) is 5. The van der Waals surface area contributed by atoms with Crippen LogP contribution in [0.3, 0.4) is 0 Å². The second-order valence-corrected chi connectivity index (χ2v) is 3.39. The van der Waals surface area contributed by atoms with Crippen LogP contribution in [-0.4, -0.2) is 29.0 Å². The molecular weight excluding hydrogens is 222 g/mol. The largest absolute Gasteiger partial charge is 0.461 e. The van der Waals surface area contributed by atoms with E-state index in [-0.39, 0.29) is 12.3 Å². The highest BCUT2D eigenvalue weighted by atomic mass is 16.5. The zero-order valence-corrected chi connectivity index (χ0v) is 10.5. The van der Waals surface area contributed by atoms with E-state index >= 15 is 0 Å². The number of nitrogen functional groups attached to an aromatic ring is 1. The van der Waals surface area contributed by atoms with E-state index in [1.54, 1.807) is 11.6 Å². The van der Waals surface area contributed by atoms with Gasteiger partial charge in [0.15, 0.2) is 5.69 Å². The third-order valence-corrected chi connectivity index (χ3v) is 2.31. The Bertz CT molecular complexity index is 388. The van der Waals surface area contributed by atoms with Gasteiger partial charge < -0.3 is 15.2 Å². The van der Waals surface area contributed by atoms with Crippen molar-refractivity contribution in [2.45, 2.75) is 33.9 Å². The van der Waals surface area contributed by atoms with E-state index in [0.29, 0.717) is 31.1 Å². The molecular formula is C11H19N3O3. The summed E-state index contributed by atoms with van der Waals surface area (Å²) < 4.78 is 11.8. The second kappa shape index (κ2) is 6.24. The Morgan fingerprint density at radius 2 is 2.06 bits per heavy atom. The summed E-state index contributed by atoms with van der Waals surface area (Å²) in [5, 5.41) is 4.14. The molecule has 1 aromatic heterocycles. The smallest absolute Gasteiger partial charge is 0.359 e. The number of esters is 1. The van der Waals surface area contributed by atoms with E-state index in [1.807, 2.05) is 13.8 Å². The molecule has 96 valence electrons. The summed E-state index contributed by atoms with van der Waals surface area (Å²) in [6.07, 6.45) is 0. The average Bonchev–Trinajstić information content (AvgIpc) is 2.64. The molecule has 17 heavy (non-hydrogen) atoms. The number of hydrogen-bond donors (Lipinski definition) is 1. The van der Waals surface area contributed by atoms with Crippen LogP contribution in [0.1, 0.15) is 36.8 Å². The molecule has 0 spiro atoms. The van der Waals surface area contributed by atoms with Crippen molar-refractivity contribution in [1.29, 1.82) is 0 Å². The van der Waals surface area contributed by atoms with Crippen molar-refractivity contribution < 1.29 is 14.3 Å². The normalized spacial score (nSPS) is 10.5. The Labute approximate surface area is 101 Å². The van der Waals surface area contributed by atoms with Crippen molar-refractivity contribution in [3.05, 3.63) is 11.3 Å². The van der Waals surface area contributed by atoms with Gasteiger partial charge in [-0.1, -0.05) is 0 Å². The molecule has 0 aromatic carbocycles. The van der Waals surface area contributed by atoms with Crippen LogP contribution >= 0.6 is 0 Å². The Morgan fingerprint density at radius 1 is 1.35 bits per heavy atom. The first-order chi connectivity index (χ1) is 8.15. The summed E-state index contributed by atoms with van der Waals surface area (Å²) in [6.45, 7) is 7.28. The van der Waals surface area contributed by atoms with Gasteiger partial charge in [0.05, 0.1) is 18.8 Å². The average molecular weight is 241 g/mol. The first kappa shape index (κ1) is 13.5. The molecule has 0 fully saturated rings. The molecule has 0 amide bonds. The summed E-state index contributed by atoms with van der Waals surface area (Å²) in [4.78, 5) is 11.7. The van der Waals surface area contributed by atoms with Gasteiger partial charge in [-0.3, -0.25) is 0 Å². The number of ether oxygens (including phenoxy) is 2. The highest BCUT2D eigenvalue weighted by Crippen LogP contribution is 2.19. The molecule has 0 atom stereocenters. The highest BCUT2D eigenvalue weighted by Gasteiger charge is 2.21. The molecule has 0 saturated heterocycles. The third kappa shape index (κ3) is 2.97. The van der Waals surface area contributed by atoms with E-state index < -0.39 is 5.97 Å². The van der Waals surface area contributed by atoms with Gasteiger partial charge in [-0.2, -0.15) is 5.10 Å². The molecule has 0 saturated carbocycles. The van der Waals surface area contributed by atoms with Gasteiger partial charge in [0, 0.05) is 13.2 Å². The summed E-state index contributed by atoms with van der Waals surface area (Å²) in [5.41, 5.74) is 6.76. The van der Waals surface area contributed by atoms with Crippen molar-refractivity contribution in [2.24, 2.45) is 0 Å². The first-order valence-electron chi connectivity index (χ1n) is 5.75. The van der Waals surface area contributed by atoms with Gasteiger partial charge in [-0.25, -0.2) is 9.48 Å². The Balaban J connectivity index is 3.04. The van der Waals surface area contributed by atoms with Crippen LogP contribution < -0.4 is 5.73 Å². The van der Waals surface area contributed by atoms with Crippen molar-refractivity contribution in [1.82, 2.24) is 9.78 Å². The minimum absolute atomic E-state index is 0.250. The molecule has 6 heteroatoms. The van der Waals surface area contributed by atoms with E-state index in [4.69, 9.17) is 15.2 Å². The van der Waals surface area contributed by atoms with Crippen LogP contribution in [0.5, 0.6) is 0 Å². The predicted octanol–water partition coefficient (Wildman–Crippen LogP) is 1.20. The number of aryl methyl sites for hydroxylation is 1. The van der Waals surface area contributed by atoms with Crippen molar-refractivity contribution in [3.8, 4) is 0 Å². The van der Waals surface area contributed by atoms with Gasteiger partial charge in [-0.05, 0) is 20.8 Å². The summed E-state index contributed by atoms with van der Waals surface area (Å²) >= 11 is 0. The molecule has 0 unspecified atom stereocenters. The lowest BCUT2D eigenvalue weighted by Gasteiger charge is -2.03. The van der Waals surface area contributed by atoms with Gasteiger partial charge >= 0.3 is 5.97 Å². The Kier molecular flexibility index (Phi) is 4.96. The number of nitrogens with zero attached hydrogens (tertiary/aromatic N) is 2. The molecule has 0 aliphatic heterocycles. The topological polar surface area (TPSA) is 79.4 Å². The number of rotatable bonds is 6. The lowest BCUT2D eigenvalue weighted by molar-refractivity contribution is 0.0511. The van der Waals surface area contributed by atoms with Crippen molar-refractivity contribution in [2.75, 3.05) is 18.9 Å². The maximum Gasteiger partial charge on any atom is 0.359 e. The number of nitrogens with two attached hydrogens (primary N) is 1. The fraction of sp³-hybridized carbons (Fsp3) is 0.636. The molecule has 1 aromatic rings. The van der Waals surface area contributed by atoms with Crippen LogP contribution in [0.2, 0.25) is 0 Å². The fourth-order valence-corrected chi connectivity index (χ4v) is 1.46. The van der Waals surface area contributed by atoms with Crippen LogP contribution in [0.4, 0.5) is 5.82 Å². The maximum absolute atomic E-state index is 11.7. The minimum Gasteiger partial charge on any atom is -0.461 e. The molecule has 6 nitrogen and oxygen atoms in total. The summed E-state index contributed by atoms with van der Waals surface area (Å²) in [6, 6.07) is 0. The maximum atomic E-state index is 11.7. The second-order valence-electron chi connectivity index (χ2n) is 3.39. The SMILES string of the molecule is CCOCc1c(C(=O)OCC)nn(CC)c1N. The highest BCUT2D eigenvalue weighted by molar-refractivity contribution is 5.90. The molecule has 0 aliphatic rings. The number of carbonyl (C=O) groups excluding carboxylic acids is 1. The summed E-state index contributed by atoms with van der Waals surface area (Å²) in [7, 11) is 0. The zero-order valence-electron chi connectivity index (χ0n) is 10.5. The van der Waals surface area contributed by atoms with Crippen molar-refractivity contribution >= 4 is 11.8 Å². The quantitative estimate of drug-likeness (QED) is 0.757. The lowest BCUT2D eigenvalue weighted by Crippen LogP contribution is -2.09. The molecule has 1 heterocycles. The third-order valence-electron chi connectivity index (χ3n) is 2.31. The van der Waals surface area contributed by atoms with Gasteiger partial charge in [0.25, 0.3) is 0 Å². The first-order valence-corrected chi connectivity index (χ1v) is 5.75. The lowest BCUT2D eigenvalue weighted by atomic mass is 10.2. The van der Waals surface area contributed by atoms with Gasteiger partial charge in [-0.15, -0.1) is 0 Å². The standard InChI is InChI=1S/C11H19N3O3/c1-4-14-10(12)8(7-16-5-2)9(13-14)11(15)17-6-3/h4-7,12H2,1-3H3. The van der Waals surface area contributed by atoms with Crippen molar-refractivity contribution in [3.63, 3.8) is 0 Å². The Hall–Kier alpha value is -1.56. The molecule has 0 bridgehead atoms. The fourth-order valence-electron chi connectivity index (χ4n) is 1.46. The molecule has 1 rings (SSSR count). The predicted molar refractivity (Wildman–Crippen MR) is 63.6 cm³/mol. The number of aromatic nitrogens is 2. The van der Waals surface area contributed by atoms with Crippen LogP contribution in [-0.2, 0) is 22.6 Å². The van der Waals surface area contributed by atoms with E-state index in [1.165, 1.54) is 0 Å². The van der Waals surface area contributed by atoms with E-state index in [0.717, 1.165) is 0 Å². The van der Waals surface area contributed by atoms with Gasteiger partial charge in [0.1, 0.15) is 5.82 Å². The monoisotopic (exact) mass is 241 g/mol. The zero-order chi connectivity index (χ0) is 12.8. The van der Waals surface area contributed by atoms with Crippen LogP contribution in [0.25, 0.3) is 0 Å². The van der Waals surface area contributed by atoms with E-state index in [2.05, 4.69) is 5.10 Å². The molecule has 2 N–H and O–H groups in total. The number of anilines is 1. The Morgan fingerprint density at radius 3 is 2.59 bits per heavy atom.